The van der Waals surface area contributed by atoms with Crippen LogP contribution in [0, 0.1) is 0 Å². The van der Waals surface area contributed by atoms with Crippen LogP contribution in [0.15, 0.2) is 48.6 Å². The second-order valence-corrected chi connectivity index (χ2v) is 5.59. The molecule has 0 aromatic heterocycles. The zero-order chi connectivity index (χ0) is 20.4. The summed E-state index contributed by atoms with van der Waals surface area (Å²) in [5, 5.41) is 0. The van der Waals surface area contributed by atoms with Crippen LogP contribution in [-0.4, -0.2) is 41.0 Å². The minimum absolute atomic E-state index is 0.156. The van der Waals surface area contributed by atoms with Gasteiger partial charge in [-0.2, -0.15) is 0 Å². The highest BCUT2D eigenvalue weighted by molar-refractivity contribution is 5.87. The summed E-state index contributed by atoms with van der Waals surface area (Å²) < 4.78 is 26.0. The van der Waals surface area contributed by atoms with Gasteiger partial charge in [-0.05, 0) is 47.5 Å². The van der Waals surface area contributed by atoms with Gasteiger partial charge in [-0.1, -0.05) is 18.2 Å². The molecule has 0 atom stereocenters. The Bertz CT molecular complexity index is 854. The van der Waals surface area contributed by atoms with Gasteiger partial charge in [0, 0.05) is 6.08 Å². The van der Waals surface area contributed by atoms with Crippen LogP contribution in [-0.2, 0) is 9.53 Å². The number of ether oxygens (including phenoxy) is 5. The number of carbonyl (C=O) groups is 1. The molecular formula is C22H24O6. The van der Waals surface area contributed by atoms with Gasteiger partial charge in [0.25, 0.3) is 0 Å². The van der Waals surface area contributed by atoms with Crippen LogP contribution in [0.2, 0.25) is 0 Å². The number of hydrogen-bond donors (Lipinski definition) is 0. The summed E-state index contributed by atoms with van der Waals surface area (Å²) in [6, 6.07) is 10.9. The molecule has 0 heterocycles. The van der Waals surface area contributed by atoms with Crippen LogP contribution in [0.25, 0.3) is 12.2 Å². The van der Waals surface area contributed by atoms with Crippen molar-refractivity contribution in [1.29, 1.82) is 0 Å². The first-order valence-corrected chi connectivity index (χ1v) is 8.56. The van der Waals surface area contributed by atoms with E-state index >= 15 is 0 Å². The molecule has 0 bridgehead atoms. The molecule has 28 heavy (non-hydrogen) atoms. The van der Waals surface area contributed by atoms with E-state index in [1.165, 1.54) is 6.08 Å². The third-order valence-electron chi connectivity index (χ3n) is 3.86. The van der Waals surface area contributed by atoms with Gasteiger partial charge in [0.2, 0.25) is 0 Å². The summed E-state index contributed by atoms with van der Waals surface area (Å²) in [5.74, 6) is 2.08. The van der Waals surface area contributed by atoms with E-state index in [0.29, 0.717) is 23.0 Å². The Labute approximate surface area is 164 Å². The SMILES string of the molecule is COc1ccc(/C=C\C(=O)OC/C=C/c2ccc(OC)c(OC)c2)cc1OC. The van der Waals surface area contributed by atoms with Gasteiger partial charge < -0.3 is 23.7 Å². The molecule has 2 aromatic carbocycles. The fourth-order valence-electron chi connectivity index (χ4n) is 2.44. The van der Waals surface area contributed by atoms with Crippen molar-refractivity contribution >= 4 is 18.1 Å². The number of carbonyl (C=O) groups excluding carboxylic acids is 1. The second kappa shape index (κ2) is 10.7. The number of hydrogen-bond acceptors (Lipinski definition) is 6. The maximum atomic E-state index is 11.9. The Kier molecular flexibility index (Phi) is 7.96. The molecule has 2 rings (SSSR count). The Morgan fingerprint density at radius 2 is 1.25 bits per heavy atom. The standard InChI is InChI=1S/C22H24O6/c1-24-18-10-7-16(14-20(18)26-3)6-5-13-28-22(23)12-9-17-8-11-19(25-2)21(15-17)27-4/h5-12,14-15H,13H2,1-4H3/b6-5+,12-9-. The van der Waals surface area contributed by atoms with E-state index in [4.69, 9.17) is 23.7 Å². The van der Waals surface area contributed by atoms with E-state index < -0.39 is 5.97 Å². The van der Waals surface area contributed by atoms with Crippen LogP contribution in [0.3, 0.4) is 0 Å². The van der Waals surface area contributed by atoms with Gasteiger partial charge in [-0.3, -0.25) is 0 Å². The van der Waals surface area contributed by atoms with Gasteiger partial charge in [0.1, 0.15) is 6.61 Å². The van der Waals surface area contributed by atoms with E-state index in [9.17, 15) is 4.79 Å². The first-order valence-electron chi connectivity index (χ1n) is 8.56. The highest BCUT2D eigenvalue weighted by atomic mass is 16.5. The predicted octanol–water partition coefficient (Wildman–Crippen LogP) is 3.99. The van der Waals surface area contributed by atoms with Crippen LogP contribution in [0.4, 0.5) is 0 Å². The number of methoxy groups -OCH3 is 4. The van der Waals surface area contributed by atoms with Crippen molar-refractivity contribution in [1.82, 2.24) is 0 Å². The zero-order valence-electron chi connectivity index (χ0n) is 16.4. The topological polar surface area (TPSA) is 63.2 Å². The van der Waals surface area contributed by atoms with E-state index in [0.717, 1.165) is 11.1 Å². The molecule has 6 nitrogen and oxygen atoms in total. The smallest absolute Gasteiger partial charge is 0.331 e. The highest BCUT2D eigenvalue weighted by Gasteiger charge is 2.04. The Morgan fingerprint density at radius 1 is 0.750 bits per heavy atom. The molecule has 0 unspecified atom stereocenters. The summed E-state index contributed by atoms with van der Waals surface area (Å²) in [5.41, 5.74) is 1.71. The molecule has 6 heteroatoms. The number of benzene rings is 2. The largest absolute Gasteiger partial charge is 0.493 e. The van der Waals surface area contributed by atoms with Crippen molar-refractivity contribution in [3.63, 3.8) is 0 Å². The van der Waals surface area contributed by atoms with Crippen LogP contribution >= 0.6 is 0 Å². The molecule has 0 saturated carbocycles. The molecule has 0 fully saturated rings. The lowest BCUT2D eigenvalue weighted by Crippen LogP contribution is -2.00. The van der Waals surface area contributed by atoms with Crippen molar-refractivity contribution in [2.45, 2.75) is 0 Å². The normalized spacial score (nSPS) is 10.9. The van der Waals surface area contributed by atoms with Crippen molar-refractivity contribution in [3.05, 3.63) is 59.7 Å². The van der Waals surface area contributed by atoms with Gasteiger partial charge in [0.15, 0.2) is 23.0 Å². The summed E-state index contributed by atoms with van der Waals surface area (Å²) in [4.78, 5) is 11.9. The quantitative estimate of drug-likeness (QED) is 0.481. The van der Waals surface area contributed by atoms with Gasteiger partial charge in [0.05, 0.1) is 28.4 Å². The molecule has 2 aromatic rings. The summed E-state index contributed by atoms with van der Waals surface area (Å²) in [7, 11) is 6.30. The third-order valence-corrected chi connectivity index (χ3v) is 3.86. The average molecular weight is 384 g/mol. The van der Waals surface area contributed by atoms with E-state index in [2.05, 4.69) is 0 Å². The molecule has 0 amide bonds. The minimum Gasteiger partial charge on any atom is -0.493 e. The van der Waals surface area contributed by atoms with Gasteiger partial charge in [-0.25, -0.2) is 4.79 Å². The molecular weight excluding hydrogens is 360 g/mol. The van der Waals surface area contributed by atoms with Gasteiger partial charge in [-0.15, -0.1) is 0 Å². The first kappa shape index (κ1) is 20.9. The zero-order valence-corrected chi connectivity index (χ0v) is 16.4. The van der Waals surface area contributed by atoms with Crippen molar-refractivity contribution in [2.75, 3.05) is 35.0 Å². The monoisotopic (exact) mass is 384 g/mol. The fraction of sp³-hybridized carbons (Fsp3) is 0.227. The number of rotatable bonds is 9. The first-order chi connectivity index (χ1) is 13.6. The van der Waals surface area contributed by atoms with E-state index in [1.807, 2.05) is 30.3 Å². The van der Waals surface area contributed by atoms with Crippen molar-refractivity contribution in [2.24, 2.45) is 0 Å². The maximum absolute atomic E-state index is 11.9. The summed E-state index contributed by atoms with van der Waals surface area (Å²) >= 11 is 0. The average Bonchev–Trinajstić information content (AvgIpc) is 2.74. The lowest BCUT2D eigenvalue weighted by atomic mass is 10.2. The summed E-state index contributed by atoms with van der Waals surface area (Å²) in [6.45, 7) is 0.156. The Morgan fingerprint density at radius 3 is 1.75 bits per heavy atom. The molecule has 0 aliphatic rings. The lowest BCUT2D eigenvalue weighted by Gasteiger charge is -2.07. The molecule has 0 aliphatic heterocycles. The van der Waals surface area contributed by atoms with Gasteiger partial charge >= 0.3 is 5.97 Å². The Hall–Kier alpha value is -3.41. The summed E-state index contributed by atoms with van der Waals surface area (Å²) in [6.07, 6.45) is 6.62. The molecule has 0 radical (unpaired) electrons. The van der Waals surface area contributed by atoms with Crippen LogP contribution < -0.4 is 18.9 Å². The fourth-order valence-corrected chi connectivity index (χ4v) is 2.44. The molecule has 148 valence electrons. The lowest BCUT2D eigenvalue weighted by molar-refractivity contribution is -0.136. The van der Waals surface area contributed by atoms with E-state index in [-0.39, 0.29) is 6.61 Å². The Balaban J connectivity index is 1.89. The van der Waals surface area contributed by atoms with Crippen LogP contribution in [0.5, 0.6) is 23.0 Å². The highest BCUT2D eigenvalue weighted by Crippen LogP contribution is 2.28. The van der Waals surface area contributed by atoms with Crippen molar-refractivity contribution < 1.29 is 28.5 Å². The van der Waals surface area contributed by atoms with Crippen molar-refractivity contribution in [3.8, 4) is 23.0 Å². The van der Waals surface area contributed by atoms with Crippen LogP contribution in [0.1, 0.15) is 11.1 Å². The number of esters is 1. The molecule has 0 N–H and O–H groups in total. The molecule has 0 saturated heterocycles. The minimum atomic E-state index is -0.438. The third kappa shape index (κ3) is 5.81. The maximum Gasteiger partial charge on any atom is 0.331 e. The molecule has 0 aliphatic carbocycles. The second-order valence-electron chi connectivity index (χ2n) is 5.59. The molecule has 0 spiro atoms. The van der Waals surface area contributed by atoms with E-state index in [1.54, 1.807) is 52.7 Å². The predicted molar refractivity (Wildman–Crippen MR) is 108 cm³/mol.